The minimum atomic E-state index is -3.65. The minimum Gasteiger partial charge on any atom is -0.206 e. The highest BCUT2D eigenvalue weighted by molar-refractivity contribution is 9.11. The van der Waals surface area contributed by atoms with Gasteiger partial charge in [0.25, 0.3) is 10.0 Å². The molecule has 16 heavy (non-hydrogen) atoms. The van der Waals surface area contributed by atoms with Crippen LogP contribution in [0.25, 0.3) is 0 Å². The molecule has 0 aromatic carbocycles. The van der Waals surface area contributed by atoms with E-state index in [1.165, 1.54) is 6.07 Å². The Labute approximate surface area is 111 Å². The van der Waals surface area contributed by atoms with Crippen molar-refractivity contribution in [2.24, 2.45) is 0 Å². The van der Waals surface area contributed by atoms with E-state index in [9.17, 15) is 8.42 Å². The van der Waals surface area contributed by atoms with Crippen LogP contribution >= 0.6 is 38.9 Å². The Kier molecular flexibility index (Phi) is 4.76. The van der Waals surface area contributed by atoms with Crippen molar-refractivity contribution in [1.82, 2.24) is 4.72 Å². The van der Waals surface area contributed by atoms with E-state index in [0.717, 1.165) is 11.3 Å². The number of nitriles is 1. The number of hydrogen-bond acceptors (Lipinski definition) is 4. The van der Waals surface area contributed by atoms with E-state index in [4.69, 9.17) is 16.9 Å². The Morgan fingerprint density at radius 1 is 1.75 bits per heavy atom. The van der Waals surface area contributed by atoms with Crippen LogP contribution in [0.2, 0.25) is 5.02 Å². The van der Waals surface area contributed by atoms with Gasteiger partial charge >= 0.3 is 0 Å². The summed E-state index contributed by atoms with van der Waals surface area (Å²) < 4.78 is 26.5. The summed E-state index contributed by atoms with van der Waals surface area (Å²) in [5, 5.41) is 9.03. The number of halogens is 2. The van der Waals surface area contributed by atoms with Crippen LogP contribution in [0.1, 0.15) is 13.3 Å². The van der Waals surface area contributed by atoms with Crippen molar-refractivity contribution in [3.05, 3.63) is 14.9 Å². The largest absolute Gasteiger partial charge is 0.251 e. The monoisotopic (exact) mass is 342 g/mol. The molecule has 0 saturated heterocycles. The van der Waals surface area contributed by atoms with Gasteiger partial charge in [-0.25, -0.2) is 8.42 Å². The number of nitrogens with zero attached hydrogens (tertiary/aromatic N) is 1. The molecule has 88 valence electrons. The van der Waals surface area contributed by atoms with Crippen LogP contribution in [-0.2, 0) is 10.0 Å². The lowest BCUT2D eigenvalue weighted by Gasteiger charge is -2.07. The first kappa shape index (κ1) is 13.9. The summed E-state index contributed by atoms with van der Waals surface area (Å²) in [5.74, 6) is 0. The van der Waals surface area contributed by atoms with Gasteiger partial charge < -0.3 is 0 Å². The molecular weight excluding hydrogens is 336 g/mol. The van der Waals surface area contributed by atoms with Crippen molar-refractivity contribution in [3.63, 3.8) is 0 Å². The second-order valence-electron chi connectivity index (χ2n) is 2.90. The topological polar surface area (TPSA) is 70.0 Å². The predicted molar refractivity (Wildman–Crippen MR) is 67.0 cm³/mol. The van der Waals surface area contributed by atoms with E-state index in [1.54, 1.807) is 6.92 Å². The van der Waals surface area contributed by atoms with Gasteiger partial charge in [0.2, 0.25) is 0 Å². The lowest BCUT2D eigenvalue weighted by atomic mass is 10.3. The van der Waals surface area contributed by atoms with Crippen LogP contribution in [0.3, 0.4) is 0 Å². The van der Waals surface area contributed by atoms with E-state index in [2.05, 4.69) is 20.7 Å². The summed E-state index contributed by atoms with van der Waals surface area (Å²) in [6.07, 6.45) is 0.413. The highest BCUT2D eigenvalue weighted by Gasteiger charge is 2.22. The summed E-state index contributed by atoms with van der Waals surface area (Å²) >= 11 is 9.89. The van der Waals surface area contributed by atoms with E-state index in [1.807, 2.05) is 6.07 Å². The third kappa shape index (κ3) is 3.18. The SMILES string of the molecule is CCC(C#N)NS(=O)(=O)c1cc(Cl)c(Br)s1. The van der Waals surface area contributed by atoms with Crippen LogP contribution in [0.15, 0.2) is 14.1 Å². The normalized spacial score (nSPS) is 13.4. The van der Waals surface area contributed by atoms with Gasteiger partial charge in [-0.2, -0.15) is 9.98 Å². The molecular formula is C8H8BrClN2O2S2. The zero-order valence-corrected chi connectivity index (χ0v) is 12.2. The van der Waals surface area contributed by atoms with Gasteiger partial charge in [-0.1, -0.05) is 18.5 Å². The highest BCUT2D eigenvalue weighted by atomic mass is 79.9. The Bertz CT molecular complexity index is 501. The Morgan fingerprint density at radius 2 is 2.38 bits per heavy atom. The molecule has 1 N–H and O–H groups in total. The van der Waals surface area contributed by atoms with Crippen molar-refractivity contribution in [2.45, 2.75) is 23.6 Å². The molecule has 0 fully saturated rings. The van der Waals surface area contributed by atoms with Gasteiger partial charge in [-0.3, -0.25) is 0 Å². The lowest BCUT2D eigenvalue weighted by Crippen LogP contribution is -2.32. The van der Waals surface area contributed by atoms with E-state index < -0.39 is 16.1 Å². The molecule has 0 bridgehead atoms. The van der Waals surface area contributed by atoms with Crippen LogP contribution in [-0.4, -0.2) is 14.5 Å². The summed E-state index contributed by atoms with van der Waals surface area (Å²) in [5.41, 5.74) is 0. The fraction of sp³-hybridized carbons (Fsp3) is 0.375. The smallest absolute Gasteiger partial charge is 0.206 e. The molecule has 0 aliphatic heterocycles. The molecule has 1 aromatic heterocycles. The molecule has 1 unspecified atom stereocenters. The first-order chi connectivity index (χ1) is 7.40. The fourth-order valence-electron chi connectivity index (χ4n) is 0.906. The molecule has 8 heteroatoms. The molecule has 1 atom stereocenters. The number of thiophene rings is 1. The second-order valence-corrected chi connectivity index (χ2v) is 7.62. The summed E-state index contributed by atoms with van der Waals surface area (Å²) in [4.78, 5) is 0. The maximum absolute atomic E-state index is 11.8. The maximum Gasteiger partial charge on any atom is 0.251 e. The van der Waals surface area contributed by atoms with E-state index >= 15 is 0 Å². The zero-order valence-electron chi connectivity index (χ0n) is 8.20. The van der Waals surface area contributed by atoms with Gasteiger partial charge in [0, 0.05) is 0 Å². The number of nitrogens with one attached hydrogen (secondary N) is 1. The molecule has 0 spiro atoms. The second kappa shape index (κ2) is 5.47. The highest BCUT2D eigenvalue weighted by Crippen LogP contribution is 2.34. The quantitative estimate of drug-likeness (QED) is 0.914. The molecule has 1 heterocycles. The molecule has 0 aliphatic rings. The maximum atomic E-state index is 11.8. The van der Waals surface area contributed by atoms with Crippen LogP contribution in [0.5, 0.6) is 0 Å². The van der Waals surface area contributed by atoms with Gasteiger partial charge in [-0.15, -0.1) is 11.3 Å². The minimum absolute atomic E-state index is 0.0954. The van der Waals surface area contributed by atoms with Crippen molar-refractivity contribution < 1.29 is 8.42 Å². The molecule has 1 aromatic rings. The van der Waals surface area contributed by atoms with Crippen molar-refractivity contribution in [2.75, 3.05) is 0 Å². The first-order valence-corrected chi connectivity index (χ1v) is 7.74. The van der Waals surface area contributed by atoms with Crippen molar-refractivity contribution in [3.8, 4) is 6.07 Å². The van der Waals surface area contributed by atoms with Crippen LogP contribution in [0.4, 0.5) is 0 Å². The van der Waals surface area contributed by atoms with Crippen molar-refractivity contribution in [1.29, 1.82) is 5.26 Å². The lowest BCUT2D eigenvalue weighted by molar-refractivity contribution is 0.571. The number of hydrogen-bond donors (Lipinski definition) is 1. The van der Waals surface area contributed by atoms with Gasteiger partial charge in [0.1, 0.15) is 10.3 Å². The average Bonchev–Trinajstić information content (AvgIpc) is 2.56. The van der Waals surface area contributed by atoms with Gasteiger partial charge in [0.05, 0.1) is 14.9 Å². The van der Waals surface area contributed by atoms with E-state index in [-0.39, 0.29) is 4.21 Å². The summed E-state index contributed by atoms with van der Waals surface area (Å²) in [6.45, 7) is 1.73. The third-order valence-corrected chi connectivity index (χ3v) is 6.17. The van der Waals surface area contributed by atoms with Gasteiger partial charge in [-0.05, 0) is 28.4 Å². The first-order valence-electron chi connectivity index (χ1n) is 4.27. The molecule has 0 radical (unpaired) electrons. The van der Waals surface area contributed by atoms with Crippen LogP contribution in [0, 0.1) is 11.3 Å². The van der Waals surface area contributed by atoms with E-state index in [0.29, 0.717) is 15.2 Å². The predicted octanol–water partition coefficient (Wildman–Crippen LogP) is 2.74. The zero-order chi connectivity index (χ0) is 12.3. The number of rotatable bonds is 4. The third-order valence-electron chi connectivity index (χ3n) is 1.75. The molecule has 1 rings (SSSR count). The van der Waals surface area contributed by atoms with Crippen LogP contribution < -0.4 is 4.72 Å². The molecule has 4 nitrogen and oxygen atoms in total. The molecule has 0 saturated carbocycles. The molecule has 0 amide bonds. The average molecular weight is 344 g/mol. The molecule has 0 aliphatic carbocycles. The van der Waals surface area contributed by atoms with Crippen molar-refractivity contribution >= 4 is 48.9 Å². The summed E-state index contributed by atoms with van der Waals surface area (Å²) in [7, 11) is -3.65. The van der Waals surface area contributed by atoms with Gasteiger partial charge in [0.15, 0.2) is 0 Å². The Hall–Kier alpha value is -0.130. The Morgan fingerprint density at radius 3 is 2.75 bits per heavy atom. The fourth-order valence-corrected chi connectivity index (χ4v) is 4.54. The Balaban J connectivity index is 2.99. The number of sulfonamides is 1. The summed E-state index contributed by atoms with van der Waals surface area (Å²) in [6, 6.07) is 2.50. The standard InChI is InChI=1S/C8H8BrClN2O2S2/c1-2-5(4-11)12-16(13,14)7-3-6(10)8(9)15-7/h3,5,12H,2H2,1H3.